The lowest BCUT2D eigenvalue weighted by Gasteiger charge is -2.22. The summed E-state index contributed by atoms with van der Waals surface area (Å²) in [6.07, 6.45) is 0. The maximum absolute atomic E-state index is 6.04. The van der Waals surface area contributed by atoms with E-state index in [0.717, 1.165) is 30.9 Å². The number of hydrogen-bond donors (Lipinski definition) is 1. The molecule has 0 radical (unpaired) electrons. The molecule has 2 aromatic rings. The van der Waals surface area contributed by atoms with Crippen molar-refractivity contribution in [3.8, 4) is 0 Å². The molecule has 2 rings (SSSR count). The van der Waals surface area contributed by atoms with Gasteiger partial charge in [0.15, 0.2) is 0 Å². The molecule has 2 N–H and O–H groups in total. The van der Waals surface area contributed by atoms with E-state index < -0.39 is 0 Å². The molecular formula is C17H21ClN2. The quantitative estimate of drug-likeness (QED) is 0.833. The number of benzene rings is 2. The van der Waals surface area contributed by atoms with Crippen LogP contribution in [0.5, 0.6) is 0 Å². The Bertz CT molecular complexity index is 581. The average Bonchev–Trinajstić information content (AvgIpc) is 2.43. The van der Waals surface area contributed by atoms with Crippen molar-refractivity contribution in [2.75, 3.05) is 12.3 Å². The molecule has 0 amide bonds. The fraction of sp³-hybridized carbons (Fsp3) is 0.294. The summed E-state index contributed by atoms with van der Waals surface area (Å²) in [7, 11) is 0. The van der Waals surface area contributed by atoms with Crippen LogP contribution in [0, 0.1) is 6.92 Å². The number of hydrogen-bond acceptors (Lipinski definition) is 2. The van der Waals surface area contributed by atoms with Crippen LogP contribution in [0.2, 0.25) is 5.02 Å². The summed E-state index contributed by atoms with van der Waals surface area (Å²) < 4.78 is 0. The Morgan fingerprint density at radius 3 is 2.40 bits per heavy atom. The van der Waals surface area contributed by atoms with Gasteiger partial charge >= 0.3 is 0 Å². The molecule has 0 saturated carbocycles. The van der Waals surface area contributed by atoms with Crippen molar-refractivity contribution >= 4 is 17.3 Å². The summed E-state index contributed by atoms with van der Waals surface area (Å²) in [5, 5.41) is 0.688. The van der Waals surface area contributed by atoms with Crippen molar-refractivity contribution in [3.63, 3.8) is 0 Å². The lowest BCUT2D eigenvalue weighted by atomic mass is 10.1. The van der Waals surface area contributed by atoms with Gasteiger partial charge in [0.1, 0.15) is 0 Å². The van der Waals surface area contributed by atoms with Crippen molar-refractivity contribution in [3.05, 3.63) is 64.2 Å². The highest BCUT2D eigenvalue weighted by Gasteiger charge is 2.09. The molecule has 0 unspecified atom stereocenters. The van der Waals surface area contributed by atoms with Gasteiger partial charge in [-0.15, -0.1) is 0 Å². The van der Waals surface area contributed by atoms with Crippen LogP contribution in [0.15, 0.2) is 42.5 Å². The predicted molar refractivity (Wildman–Crippen MR) is 86.8 cm³/mol. The van der Waals surface area contributed by atoms with Gasteiger partial charge in [0.25, 0.3) is 0 Å². The monoisotopic (exact) mass is 288 g/mol. The third-order valence-corrected chi connectivity index (χ3v) is 3.84. The van der Waals surface area contributed by atoms with E-state index in [4.69, 9.17) is 17.3 Å². The minimum Gasteiger partial charge on any atom is -0.398 e. The van der Waals surface area contributed by atoms with E-state index in [9.17, 15) is 0 Å². The molecule has 0 bridgehead atoms. The molecule has 106 valence electrons. The van der Waals surface area contributed by atoms with Crippen molar-refractivity contribution in [2.45, 2.75) is 26.9 Å². The van der Waals surface area contributed by atoms with Crippen molar-refractivity contribution in [1.82, 2.24) is 4.90 Å². The Kier molecular flexibility index (Phi) is 5.05. The minimum atomic E-state index is 0.688. The summed E-state index contributed by atoms with van der Waals surface area (Å²) in [5.41, 5.74) is 10.6. The Morgan fingerprint density at radius 1 is 1.05 bits per heavy atom. The lowest BCUT2D eigenvalue weighted by molar-refractivity contribution is 0.271. The van der Waals surface area contributed by atoms with Crippen molar-refractivity contribution < 1.29 is 0 Å². The van der Waals surface area contributed by atoms with Crippen LogP contribution in [0.3, 0.4) is 0 Å². The topological polar surface area (TPSA) is 29.3 Å². The average molecular weight is 289 g/mol. The van der Waals surface area contributed by atoms with Gasteiger partial charge < -0.3 is 5.73 Å². The highest BCUT2D eigenvalue weighted by Crippen LogP contribution is 2.20. The molecule has 0 spiro atoms. The van der Waals surface area contributed by atoms with E-state index in [1.54, 1.807) is 0 Å². The molecule has 0 saturated heterocycles. The van der Waals surface area contributed by atoms with E-state index in [-0.39, 0.29) is 0 Å². The first-order chi connectivity index (χ1) is 9.60. The number of aryl methyl sites for hydroxylation is 1. The summed E-state index contributed by atoms with van der Waals surface area (Å²) in [4.78, 5) is 2.38. The smallest absolute Gasteiger partial charge is 0.0426 e. The Morgan fingerprint density at radius 2 is 1.75 bits per heavy atom. The number of nitrogens with zero attached hydrogens (tertiary/aromatic N) is 1. The van der Waals surface area contributed by atoms with Crippen LogP contribution in [0.1, 0.15) is 23.6 Å². The number of anilines is 1. The molecule has 20 heavy (non-hydrogen) atoms. The summed E-state index contributed by atoms with van der Waals surface area (Å²) in [6, 6.07) is 14.2. The third kappa shape index (κ3) is 3.75. The SMILES string of the molecule is CCN(Cc1ccccc1C)Cc1ccc(Cl)cc1N. The predicted octanol–water partition coefficient (Wildman–Crippen LogP) is 4.25. The van der Waals surface area contributed by atoms with E-state index in [2.05, 4.69) is 43.0 Å². The fourth-order valence-corrected chi connectivity index (χ4v) is 2.44. The van der Waals surface area contributed by atoms with E-state index >= 15 is 0 Å². The molecule has 0 aliphatic carbocycles. The molecule has 0 aromatic heterocycles. The number of nitrogens with two attached hydrogens (primary N) is 1. The number of halogens is 1. The highest BCUT2D eigenvalue weighted by atomic mass is 35.5. The minimum absolute atomic E-state index is 0.688. The molecule has 0 fully saturated rings. The van der Waals surface area contributed by atoms with E-state index in [0.29, 0.717) is 5.02 Å². The van der Waals surface area contributed by atoms with Crippen molar-refractivity contribution in [2.24, 2.45) is 0 Å². The first-order valence-electron chi connectivity index (χ1n) is 6.91. The lowest BCUT2D eigenvalue weighted by Crippen LogP contribution is -2.23. The molecule has 3 heteroatoms. The highest BCUT2D eigenvalue weighted by molar-refractivity contribution is 6.30. The van der Waals surface area contributed by atoms with Gasteiger partial charge in [-0.2, -0.15) is 0 Å². The maximum Gasteiger partial charge on any atom is 0.0426 e. The first-order valence-corrected chi connectivity index (χ1v) is 7.28. The largest absolute Gasteiger partial charge is 0.398 e. The standard InChI is InChI=1S/C17H21ClN2/c1-3-20(11-14-7-5-4-6-13(14)2)12-15-8-9-16(18)10-17(15)19/h4-10H,3,11-12,19H2,1-2H3. The Hall–Kier alpha value is -1.51. The fourth-order valence-electron chi connectivity index (χ4n) is 2.26. The van der Waals surface area contributed by atoms with Gasteiger partial charge in [-0.05, 0) is 42.3 Å². The zero-order valence-corrected chi connectivity index (χ0v) is 12.8. The first kappa shape index (κ1) is 14.9. The van der Waals surface area contributed by atoms with Crippen LogP contribution < -0.4 is 5.73 Å². The second-order valence-electron chi connectivity index (χ2n) is 5.07. The van der Waals surface area contributed by atoms with Crippen LogP contribution in [0.4, 0.5) is 5.69 Å². The van der Waals surface area contributed by atoms with Gasteiger partial charge in [-0.1, -0.05) is 48.9 Å². The number of rotatable bonds is 5. The summed E-state index contributed by atoms with van der Waals surface area (Å²) >= 11 is 5.94. The summed E-state index contributed by atoms with van der Waals surface area (Å²) in [6.45, 7) is 7.08. The molecule has 0 aliphatic rings. The molecular weight excluding hydrogens is 268 g/mol. The molecule has 2 nitrogen and oxygen atoms in total. The van der Waals surface area contributed by atoms with Crippen LogP contribution in [-0.2, 0) is 13.1 Å². The van der Waals surface area contributed by atoms with Gasteiger partial charge in [-0.25, -0.2) is 0 Å². The second kappa shape index (κ2) is 6.78. The zero-order valence-electron chi connectivity index (χ0n) is 12.1. The van der Waals surface area contributed by atoms with Gasteiger partial charge in [-0.3, -0.25) is 4.90 Å². The molecule has 0 heterocycles. The molecule has 0 aliphatic heterocycles. The third-order valence-electron chi connectivity index (χ3n) is 3.60. The number of nitrogen functional groups attached to an aromatic ring is 1. The molecule has 0 atom stereocenters. The van der Waals surface area contributed by atoms with E-state index in [1.807, 2.05) is 18.2 Å². The Balaban J connectivity index is 2.11. The van der Waals surface area contributed by atoms with Gasteiger partial charge in [0.05, 0.1) is 0 Å². The van der Waals surface area contributed by atoms with Crippen molar-refractivity contribution in [1.29, 1.82) is 0 Å². The van der Waals surface area contributed by atoms with Crippen LogP contribution in [-0.4, -0.2) is 11.4 Å². The Labute approximate surface area is 126 Å². The van der Waals surface area contributed by atoms with Gasteiger partial charge in [0.2, 0.25) is 0 Å². The second-order valence-corrected chi connectivity index (χ2v) is 5.51. The van der Waals surface area contributed by atoms with Crippen LogP contribution in [0.25, 0.3) is 0 Å². The van der Waals surface area contributed by atoms with E-state index in [1.165, 1.54) is 11.1 Å². The molecule has 2 aromatic carbocycles. The van der Waals surface area contributed by atoms with Crippen LogP contribution >= 0.6 is 11.6 Å². The van der Waals surface area contributed by atoms with Gasteiger partial charge in [0, 0.05) is 23.8 Å². The summed E-state index contributed by atoms with van der Waals surface area (Å²) in [5.74, 6) is 0. The normalized spacial score (nSPS) is 11.0. The zero-order chi connectivity index (χ0) is 14.5. The maximum atomic E-state index is 6.04.